The molecule has 3 heterocycles. The maximum absolute atomic E-state index is 5.31. The van der Waals surface area contributed by atoms with Crippen LogP contribution in [0.25, 0.3) is 70.2 Å². The highest BCUT2D eigenvalue weighted by Crippen LogP contribution is 2.43. The molecule has 0 saturated carbocycles. The molecule has 0 N–H and O–H groups in total. The van der Waals surface area contributed by atoms with E-state index < -0.39 is 0 Å². The van der Waals surface area contributed by atoms with Gasteiger partial charge in [-0.1, -0.05) is 97.1 Å². The molecule has 0 fully saturated rings. The van der Waals surface area contributed by atoms with Crippen LogP contribution in [0.2, 0.25) is 0 Å². The number of nitrogens with zero attached hydrogens (tertiary/aromatic N) is 2. The van der Waals surface area contributed by atoms with Gasteiger partial charge in [-0.05, 0) is 47.5 Å². The van der Waals surface area contributed by atoms with Gasteiger partial charge in [-0.25, -0.2) is 4.98 Å². The summed E-state index contributed by atoms with van der Waals surface area (Å²) in [5.41, 5.74) is 9.03. The number of benzene rings is 5. The van der Waals surface area contributed by atoms with Crippen molar-refractivity contribution in [3.63, 3.8) is 0 Å². The highest BCUT2D eigenvalue weighted by atomic mass is 32.1. The van der Waals surface area contributed by atoms with Crippen molar-refractivity contribution >= 4 is 53.4 Å². The molecule has 0 atom stereocenters. The van der Waals surface area contributed by atoms with Gasteiger partial charge < -0.3 is 4.57 Å². The fourth-order valence-electron chi connectivity index (χ4n) is 5.64. The molecule has 0 saturated heterocycles. The lowest BCUT2D eigenvalue weighted by Crippen LogP contribution is -1.94. The normalized spacial score (nSPS) is 11.7. The molecular formula is C35H22N2S. The lowest BCUT2D eigenvalue weighted by Gasteiger charge is -2.10. The van der Waals surface area contributed by atoms with Crippen molar-refractivity contribution in [2.45, 2.75) is 0 Å². The van der Waals surface area contributed by atoms with Crippen LogP contribution in [0.1, 0.15) is 0 Å². The smallest absolute Gasteiger partial charge is 0.0985 e. The van der Waals surface area contributed by atoms with Crippen molar-refractivity contribution in [1.82, 2.24) is 9.55 Å². The van der Waals surface area contributed by atoms with Crippen LogP contribution in [-0.2, 0) is 0 Å². The molecule has 5 aromatic carbocycles. The molecule has 0 aliphatic carbocycles. The second-order valence-corrected chi connectivity index (χ2v) is 10.7. The molecule has 38 heavy (non-hydrogen) atoms. The summed E-state index contributed by atoms with van der Waals surface area (Å²) >= 11 is 1.86. The molecule has 0 spiro atoms. The Morgan fingerprint density at radius 2 is 1.24 bits per heavy atom. The van der Waals surface area contributed by atoms with Crippen LogP contribution in [0, 0.1) is 0 Å². The predicted molar refractivity (Wildman–Crippen MR) is 162 cm³/mol. The van der Waals surface area contributed by atoms with Gasteiger partial charge in [-0.3, -0.25) is 0 Å². The van der Waals surface area contributed by atoms with Gasteiger partial charge in [0.1, 0.15) is 0 Å². The zero-order valence-electron chi connectivity index (χ0n) is 20.5. The summed E-state index contributed by atoms with van der Waals surface area (Å²) in [7, 11) is 0. The van der Waals surface area contributed by atoms with E-state index in [-0.39, 0.29) is 0 Å². The largest absolute Gasteiger partial charge is 0.308 e. The van der Waals surface area contributed by atoms with Crippen LogP contribution in [0.5, 0.6) is 0 Å². The standard InChI is InChI=1S/C35H22N2S/c1-3-10-23(11-4-1)25-14-9-15-26(22-25)37-30-20-18-28-27-16-7-8-17-32(27)38-35(28)33(30)34-31(37)21-19-29(36-34)24-12-5-2-6-13-24/h1-22H. The quantitative estimate of drug-likeness (QED) is 0.235. The van der Waals surface area contributed by atoms with Gasteiger partial charge in [0.2, 0.25) is 0 Å². The molecule has 0 aliphatic heterocycles. The van der Waals surface area contributed by atoms with Crippen LogP contribution in [-0.4, -0.2) is 9.55 Å². The number of rotatable bonds is 3. The first-order valence-corrected chi connectivity index (χ1v) is 13.6. The number of thiophene rings is 1. The molecule has 0 radical (unpaired) electrons. The average molecular weight is 503 g/mol. The van der Waals surface area contributed by atoms with Gasteiger partial charge in [-0.2, -0.15) is 0 Å². The molecule has 8 rings (SSSR count). The zero-order valence-corrected chi connectivity index (χ0v) is 21.3. The lowest BCUT2D eigenvalue weighted by atomic mass is 10.1. The summed E-state index contributed by atoms with van der Waals surface area (Å²) in [6, 6.07) is 47.5. The Balaban J connectivity index is 1.48. The molecular weight excluding hydrogens is 480 g/mol. The molecule has 2 nitrogen and oxygen atoms in total. The van der Waals surface area contributed by atoms with Gasteiger partial charge in [0.25, 0.3) is 0 Å². The topological polar surface area (TPSA) is 17.8 Å². The molecule has 178 valence electrons. The summed E-state index contributed by atoms with van der Waals surface area (Å²) in [6.45, 7) is 0. The third-order valence-electron chi connectivity index (χ3n) is 7.40. The highest BCUT2D eigenvalue weighted by molar-refractivity contribution is 7.26. The van der Waals surface area contributed by atoms with Crippen molar-refractivity contribution in [1.29, 1.82) is 0 Å². The van der Waals surface area contributed by atoms with Crippen molar-refractivity contribution in [3.8, 4) is 28.1 Å². The van der Waals surface area contributed by atoms with Gasteiger partial charge in [0, 0.05) is 36.8 Å². The van der Waals surface area contributed by atoms with Gasteiger partial charge >= 0.3 is 0 Å². The van der Waals surface area contributed by atoms with E-state index >= 15 is 0 Å². The minimum atomic E-state index is 0.994. The van der Waals surface area contributed by atoms with Crippen molar-refractivity contribution < 1.29 is 0 Å². The van der Waals surface area contributed by atoms with Crippen LogP contribution in [0.4, 0.5) is 0 Å². The fourth-order valence-corrected chi connectivity index (χ4v) is 6.89. The third-order valence-corrected chi connectivity index (χ3v) is 8.60. The molecule has 0 aliphatic rings. The average Bonchev–Trinajstić information content (AvgIpc) is 3.53. The molecule has 0 unspecified atom stereocenters. The third kappa shape index (κ3) is 3.22. The summed E-state index contributed by atoms with van der Waals surface area (Å²) in [5, 5.41) is 3.82. The van der Waals surface area contributed by atoms with Crippen LogP contribution >= 0.6 is 11.3 Å². The molecule has 8 aromatic rings. The number of hydrogen-bond donors (Lipinski definition) is 0. The van der Waals surface area contributed by atoms with Crippen molar-refractivity contribution in [3.05, 3.63) is 133 Å². The van der Waals surface area contributed by atoms with E-state index in [9.17, 15) is 0 Å². The first-order valence-electron chi connectivity index (χ1n) is 12.8. The van der Waals surface area contributed by atoms with E-state index in [1.54, 1.807) is 0 Å². The molecule has 0 amide bonds. The Bertz CT molecular complexity index is 2120. The lowest BCUT2D eigenvalue weighted by molar-refractivity contribution is 1.18. The van der Waals surface area contributed by atoms with Crippen molar-refractivity contribution in [2.24, 2.45) is 0 Å². The summed E-state index contributed by atoms with van der Waals surface area (Å²) < 4.78 is 4.98. The molecule has 0 bridgehead atoms. The second kappa shape index (κ2) is 8.41. The van der Waals surface area contributed by atoms with Gasteiger partial charge in [-0.15, -0.1) is 11.3 Å². The Labute approximate surface area is 224 Å². The number of pyridine rings is 1. The SMILES string of the molecule is c1ccc(-c2cccc(-n3c4ccc(-c5ccccc5)nc4c4c5sc6ccccc6c5ccc43)c2)cc1. The van der Waals surface area contributed by atoms with E-state index in [0.29, 0.717) is 0 Å². The number of aromatic nitrogens is 2. The second-order valence-electron chi connectivity index (χ2n) is 9.62. The highest BCUT2D eigenvalue weighted by Gasteiger charge is 2.19. The van der Waals surface area contributed by atoms with Gasteiger partial charge in [0.15, 0.2) is 0 Å². The van der Waals surface area contributed by atoms with Crippen molar-refractivity contribution in [2.75, 3.05) is 0 Å². The molecule has 3 heteroatoms. The zero-order chi connectivity index (χ0) is 25.1. The summed E-state index contributed by atoms with van der Waals surface area (Å²) in [6.07, 6.45) is 0. The van der Waals surface area contributed by atoms with E-state index in [4.69, 9.17) is 4.98 Å². The first-order chi connectivity index (χ1) is 18.8. The summed E-state index contributed by atoms with van der Waals surface area (Å²) in [5.74, 6) is 0. The van der Waals surface area contributed by atoms with Crippen LogP contribution in [0.15, 0.2) is 133 Å². The van der Waals surface area contributed by atoms with E-state index in [1.165, 1.54) is 42.2 Å². The maximum Gasteiger partial charge on any atom is 0.0985 e. The van der Waals surface area contributed by atoms with E-state index in [1.807, 2.05) is 17.4 Å². The minimum Gasteiger partial charge on any atom is -0.308 e. The first kappa shape index (κ1) is 21.4. The Morgan fingerprint density at radius 1 is 0.526 bits per heavy atom. The monoisotopic (exact) mass is 502 g/mol. The van der Waals surface area contributed by atoms with Crippen LogP contribution < -0.4 is 0 Å². The number of hydrogen-bond acceptors (Lipinski definition) is 2. The Hall–Kier alpha value is -4.73. The van der Waals surface area contributed by atoms with Gasteiger partial charge in [0.05, 0.1) is 22.2 Å². The van der Waals surface area contributed by atoms with E-state index in [2.05, 4.69) is 132 Å². The predicted octanol–water partition coefficient (Wildman–Crippen LogP) is 9.88. The Morgan fingerprint density at radius 3 is 2.08 bits per heavy atom. The maximum atomic E-state index is 5.31. The minimum absolute atomic E-state index is 0.994. The summed E-state index contributed by atoms with van der Waals surface area (Å²) in [4.78, 5) is 5.31. The molecule has 3 aromatic heterocycles. The van der Waals surface area contributed by atoms with E-state index in [0.717, 1.165) is 28.0 Å². The fraction of sp³-hybridized carbons (Fsp3) is 0. The Kier molecular flexibility index (Phi) is 4.73. The van der Waals surface area contributed by atoms with Crippen LogP contribution in [0.3, 0.4) is 0 Å². The number of fused-ring (bicyclic) bond motifs is 7.